The topological polar surface area (TPSA) is 34.4 Å². The van der Waals surface area contributed by atoms with E-state index < -0.39 is 0 Å². The van der Waals surface area contributed by atoms with Gasteiger partial charge in [-0.1, -0.05) is 61.9 Å². The van der Waals surface area contributed by atoms with Gasteiger partial charge in [0.05, 0.1) is 15.2 Å². The molecule has 5 heteroatoms. The second-order valence-electron chi connectivity index (χ2n) is 6.77. The molecule has 1 heterocycles. The van der Waals surface area contributed by atoms with Crippen molar-refractivity contribution < 1.29 is 4.79 Å². The number of halogens is 1. The molecule has 0 aliphatic rings. The summed E-state index contributed by atoms with van der Waals surface area (Å²) in [5.41, 5.74) is 2.75. The van der Waals surface area contributed by atoms with Crippen LogP contribution in [0.25, 0.3) is 10.2 Å². The Bertz CT molecular complexity index is 975. The van der Waals surface area contributed by atoms with E-state index in [1.807, 2.05) is 54.1 Å². The van der Waals surface area contributed by atoms with E-state index in [0.717, 1.165) is 10.2 Å². The van der Waals surface area contributed by atoms with Crippen LogP contribution in [0.1, 0.15) is 36.7 Å². The van der Waals surface area contributed by atoms with Crippen LogP contribution >= 0.6 is 22.9 Å². The van der Waals surface area contributed by atoms with E-state index in [1.54, 1.807) is 0 Å². The molecular formula is C19H19ClN2OS. The minimum Gasteiger partial charge on any atom is -0.318 e. The van der Waals surface area contributed by atoms with Crippen LogP contribution in [0.4, 0.5) is 0 Å². The molecule has 3 nitrogen and oxygen atoms in total. The number of aromatic nitrogens is 1. The second-order valence-corrected chi connectivity index (χ2v) is 8.19. The Hall–Kier alpha value is -1.91. The van der Waals surface area contributed by atoms with E-state index in [2.05, 4.69) is 25.8 Å². The van der Waals surface area contributed by atoms with Gasteiger partial charge in [0.1, 0.15) is 0 Å². The zero-order valence-electron chi connectivity index (χ0n) is 14.1. The number of fused-ring (bicyclic) bond motifs is 1. The van der Waals surface area contributed by atoms with Crippen LogP contribution in [0.2, 0.25) is 5.02 Å². The molecule has 0 atom stereocenters. The highest BCUT2D eigenvalue weighted by Crippen LogP contribution is 2.25. The fourth-order valence-corrected chi connectivity index (χ4v) is 3.93. The van der Waals surface area contributed by atoms with E-state index in [9.17, 15) is 4.79 Å². The standard InChI is InChI=1S/C19H19ClN2OS/c1-19(2,3)13-10-8-12(9-11-13)17(23)21-18-22(4)16-14(20)6-5-7-15(16)24-18/h5-11H,1-4H3. The fourth-order valence-electron chi connectivity index (χ4n) is 2.53. The van der Waals surface area contributed by atoms with Crippen LogP contribution in [-0.4, -0.2) is 10.5 Å². The van der Waals surface area contributed by atoms with Crippen molar-refractivity contribution in [2.45, 2.75) is 26.2 Å². The Kier molecular flexibility index (Phi) is 4.37. The number of carbonyl (C=O) groups is 1. The largest absolute Gasteiger partial charge is 0.318 e. The molecule has 0 saturated heterocycles. The number of amides is 1. The number of thiazole rings is 1. The third-order valence-corrected chi connectivity index (χ3v) is 5.37. The first kappa shape index (κ1) is 16.9. The van der Waals surface area contributed by atoms with Crippen LogP contribution in [0.3, 0.4) is 0 Å². The number of carbonyl (C=O) groups excluding carboxylic acids is 1. The first-order chi connectivity index (χ1) is 11.3. The highest BCUT2D eigenvalue weighted by atomic mass is 35.5. The summed E-state index contributed by atoms with van der Waals surface area (Å²) in [6.45, 7) is 6.44. The molecule has 1 amide bonds. The lowest BCUT2D eigenvalue weighted by Gasteiger charge is -2.18. The fraction of sp³-hybridized carbons (Fsp3) is 0.263. The normalized spacial score (nSPS) is 12.8. The van der Waals surface area contributed by atoms with Gasteiger partial charge in [-0.15, -0.1) is 0 Å². The summed E-state index contributed by atoms with van der Waals surface area (Å²) in [5.74, 6) is -0.242. The summed E-state index contributed by atoms with van der Waals surface area (Å²) in [6.07, 6.45) is 0. The predicted molar refractivity (Wildman–Crippen MR) is 101 cm³/mol. The van der Waals surface area contributed by atoms with Crippen LogP contribution in [0.5, 0.6) is 0 Å². The molecule has 0 radical (unpaired) electrons. The maximum Gasteiger partial charge on any atom is 0.279 e. The summed E-state index contributed by atoms with van der Waals surface area (Å²) >= 11 is 7.71. The molecule has 124 valence electrons. The first-order valence-corrected chi connectivity index (χ1v) is 8.90. The number of aryl methyl sites for hydroxylation is 1. The van der Waals surface area contributed by atoms with Crippen molar-refractivity contribution in [1.82, 2.24) is 4.57 Å². The van der Waals surface area contributed by atoms with Crippen molar-refractivity contribution in [2.24, 2.45) is 12.0 Å². The van der Waals surface area contributed by atoms with Crippen molar-refractivity contribution in [1.29, 1.82) is 0 Å². The maximum absolute atomic E-state index is 12.5. The van der Waals surface area contributed by atoms with Gasteiger partial charge in [-0.2, -0.15) is 4.99 Å². The Morgan fingerprint density at radius 1 is 1.12 bits per heavy atom. The molecule has 0 fully saturated rings. The van der Waals surface area contributed by atoms with Crippen molar-refractivity contribution in [3.05, 3.63) is 63.4 Å². The molecule has 1 aromatic heterocycles. The molecule has 0 aliphatic carbocycles. The van der Waals surface area contributed by atoms with E-state index in [4.69, 9.17) is 11.6 Å². The van der Waals surface area contributed by atoms with E-state index in [0.29, 0.717) is 15.4 Å². The third-order valence-electron chi connectivity index (χ3n) is 3.97. The summed E-state index contributed by atoms with van der Waals surface area (Å²) in [5, 5.41) is 0.662. The number of benzene rings is 2. The van der Waals surface area contributed by atoms with Crippen molar-refractivity contribution in [3.8, 4) is 0 Å². The molecule has 3 rings (SSSR count). The molecule has 0 aliphatic heterocycles. The van der Waals surface area contributed by atoms with Gasteiger partial charge >= 0.3 is 0 Å². The molecule has 0 N–H and O–H groups in total. The third kappa shape index (κ3) is 3.17. The number of hydrogen-bond acceptors (Lipinski definition) is 2. The lowest BCUT2D eigenvalue weighted by molar-refractivity contribution is 0.0998. The summed E-state index contributed by atoms with van der Waals surface area (Å²) in [7, 11) is 1.87. The quantitative estimate of drug-likeness (QED) is 0.607. The highest BCUT2D eigenvalue weighted by Gasteiger charge is 2.14. The molecule has 0 unspecified atom stereocenters. The molecule has 0 bridgehead atoms. The molecule has 0 spiro atoms. The Morgan fingerprint density at radius 2 is 1.79 bits per heavy atom. The second kappa shape index (κ2) is 6.19. The molecule has 0 saturated carbocycles. The number of hydrogen-bond donors (Lipinski definition) is 0. The maximum atomic E-state index is 12.5. The Balaban J connectivity index is 2.01. The van der Waals surface area contributed by atoms with Gasteiger partial charge in [0.25, 0.3) is 5.91 Å². The van der Waals surface area contributed by atoms with Gasteiger partial charge in [-0.05, 0) is 35.2 Å². The average Bonchev–Trinajstić information content (AvgIpc) is 2.84. The van der Waals surface area contributed by atoms with Gasteiger partial charge in [-0.3, -0.25) is 4.79 Å². The lowest BCUT2D eigenvalue weighted by Crippen LogP contribution is -2.14. The SMILES string of the molecule is Cn1c(=NC(=O)c2ccc(C(C)(C)C)cc2)sc2cccc(Cl)c21. The average molecular weight is 359 g/mol. The zero-order chi connectivity index (χ0) is 17.5. The summed E-state index contributed by atoms with van der Waals surface area (Å²) in [4.78, 5) is 17.4. The van der Waals surface area contributed by atoms with Gasteiger partial charge < -0.3 is 4.57 Å². The minimum atomic E-state index is -0.242. The first-order valence-electron chi connectivity index (χ1n) is 7.71. The Labute approximate surface area is 150 Å². The smallest absolute Gasteiger partial charge is 0.279 e. The number of rotatable bonds is 1. The molecule has 24 heavy (non-hydrogen) atoms. The monoisotopic (exact) mass is 358 g/mol. The van der Waals surface area contributed by atoms with Crippen molar-refractivity contribution in [3.63, 3.8) is 0 Å². The molecular weight excluding hydrogens is 340 g/mol. The summed E-state index contributed by atoms with van der Waals surface area (Å²) in [6, 6.07) is 13.4. The number of nitrogens with zero attached hydrogens (tertiary/aromatic N) is 2. The molecule has 2 aromatic carbocycles. The van der Waals surface area contributed by atoms with Crippen LogP contribution in [0, 0.1) is 0 Å². The molecule has 3 aromatic rings. The minimum absolute atomic E-state index is 0.0629. The van der Waals surface area contributed by atoms with Gasteiger partial charge in [0, 0.05) is 12.6 Å². The zero-order valence-corrected chi connectivity index (χ0v) is 15.7. The summed E-state index contributed by atoms with van der Waals surface area (Å²) < 4.78 is 2.88. The van der Waals surface area contributed by atoms with Gasteiger partial charge in [0.15, 0.2) is 4.80 Å². The van der Waals surface area contributed by atoms with E-state index in [1.165, 1.54) is 16.9 Å². The van der Waals surface area contributed by atoms with Crippen molar-refractivity contribution in [2.75, 3.05) is 0 Å². The predicted octanol–water partition coefficient (Wildman–Crippen LogP) is 4.93. The highest BCUT2D eigenvalue weighted by molar-refractivity contribution is 7.16. The number of para-hydroxylation sites is 1. The van der Waals surface area contributed by atoms with Crippen LogP contribution in [0.15, 0.2) is 47.5 Å². The van der Waals surface area contributed by atoms with E-state index >= 15 is 0 Å². The Morgan fingerprint density at radius 3 is 2.38 bits per heavy atom. The van der Waals surface area contributed by atoms with Crippen molar-refractivity contribution >= 4 is 39.1 Å². The van der Waals surface area contributed by atoms with Gasteiger partial charge in [-0.25, -0.2) is 0 Å². The lowest BCUT2D eigenvalue weighted by atomic mass is 9.87. The van der Waals surface area contributed by atoms with Crippen LogP contribution < -0.4 is 4.80 Å². The van der Waals surface area contributed by atoms with E-state index in [-0.39, 0.29) is 11.3 Å². The van der Waals surface area contributed by atoms with Crippen LogP contribution in [-0.2, 0) is 12.5 Å². The van der Waals surface area contributed by atoms with Gasteiger partial charge in [0.2, 0.25) is 0 Å².